The predicted octanol–water partition coefficient (Wildman–Crippen LogP) is 3.18. The van der Waals surface area contributed by atoms with Gasteiger partial charge in [0, 0.05) is 31.2 Å². The molecule has 0 spiro atoms. The van der Waals surface area contributed by atoms with Crippen LogP contribution in [0.15, 0.2) is 29.8 Å². The molecule has 0 N–H and O–H groups in total. The third-order valence-corrected chi connectivity index (χ3v) is 4.40. The average Bonchev–Trinajstić information content (AvgIpc) is 2.92. The lowest BCUT2D eigenvalue weighted by Gasteiger charge is -2.14. The molecule has 0 atom stereocenters. The topological polar surface area (TPSA) is 75.3 Å². The van der Waals surface area contributed by atoms with Crippen LogP contribution in [0.2, 0.25) is 0 Å². The molecule has 1 aromatic carbocycles. The number of ether oxygens (including phenoxy) is 1. The molecule has 0 aliphatic heterocycles. The Morgan fingerprint density at radius 1 is 1.19 bits per heavy atom. The number of esters is 1. The summed E-state index contributed by atoms with van der Waals surface area (Å²) < 4.78 is 6.82. The minimum Gasteiger partial charge on any atom is -0.465 e. The Balaban J connectivity index is 2.62. The molecule has 0 saturated carbocycles. The Bertz CT molecular complexity index is 975. The second kappa shape index (κ2) is 7.92. The number of likely N-dealkylation sites (N-methyl/N-ethyl adjacent to an activating group) is 1. The molecule has 6 nitrogen and oxygen atoms in total. The summed E-state index contributed by atoms with van der Waals surface area (Å²) in [6.07, 6.45) is 1.60. The smallest absolute Gasteiger partial charge is 0.337 e. The van der Waals surface area contributed by atoms with Crippen LogP contribution < -0.4 is 0 Å². The summed E-state index contributed by atoms with van der Waals surface area (Å²) in [6.45, 7) is 5.81. The van der Waals surface area contributed by atoms with Crippen LogP contribution in [0.3, 0.4) is 0 Å². The van der Waals surface area contributed by atoms with Gasteiger partial charge in [-0.15, -0.1) is 0 Å². The zero-order chi connectivity index (χ0) is 20.3. The number of methoxy groups -OCH3 is 1. The number of nitrogens with zero attached hydrogens (tertiary/aromatic N) is 3. The summed E-state index contributed by atoms with van der Waals surface area (Å²) in [7, 11) is 4.57. The van der Waals surface area contributed by atoms with Crippen LogP contribution in [0.1, 0.15) is 32.9 Å². The summed E-state index contributed by atoms with van der Waals surface area (Å²) in [5.74, 6) is -0.742. The van der Waals surface area contributed by atoms with Crippen molar-refractivity contribution >= 4 is 18.0 Å². The second-order valence-electron chi connectivity index (χ2n) is 6.52. The molecule has 0 aliphatic rings. The van der Waals surface area contributed by atoms with Crippen LogP contribution in [0.25, 0.3) is 11.8 Å². The molecule has 0 radical (unpaired) electrons. The number of carbonyl (C=O) groups is 2. The maximum absolute atomic E-state index is 12.1. The highest BCUT2D eigenvalue weighted by Gasteiger charge is 2.17. The molecule has 1 amide bonds. The van der Waals surface area contributed by atoms with E-state index in [9.17, 15) is 14.9 Å². The minimum absolute atomic E-state index is 0.0697. The average molecular weight is 365 g/mol. The van der Waals surface area contributed by atoms with Crippen molar-refractivity contribution in [2.75, 3.05) is 21.2 Å². The summed E-state index contributed by atoms with van der Waals surface area (Å²) in [5.41, 5.74) is 4.95. The lowest BCUT2D eigenvalue weighted by molar-refractivity contribution is -0.124. The lowest BCUT2D eigenvalue weighted by atomic mass is 10.1. The summed E-state index contributed by atoms with van der Waals surface area (Å²) in [6, 6.07) is 9.26. The van der Waals surface area contributed by atoms with Crippen molar-refractivity contribution in [2.45, 2.75) is 20.8 Å². The van der Waals surface area contributed by atoms with Crippen LogP contribution in [-0.4, -0.2) is 42.5 Å². The van der Waals surface area contributed by atoms with Gasteiger partial charge in [-0.2, -0.15) is 5.26 Å². The number of amides is 1. The summed E-state index contributed by atoms with van der Waals surface area (Å²) in [5, 5.41) is 9.34. The highest BCUT2D eigenvalue weighted by atomic mass is 16.5. The van der Waals surface area contributed by atoms with E-state index in [1.54, 1.807) is 32.3 Å². The first-order valence-electron chi connectivity index (χ1n) is 8.43. The van der Waals surface area contributed by atoms with Gasteiger partial charge in [-0.3, -0.25) is 4.79 Å². The van der Waals surface area contributed by atoms with Crippen molar-refractivity contribution in [3.63, 3.8) is 0 Å². The fourth-order valence-electron chi connectivity index (χ4n) is 2.94. The van der Waals surface area contributed by atoms with Crippen molar-refractivity contribution < 1.29 is 14.3 Å². The molecule has 0 aliphatic carbocycles. The quantitative estimate of drug-likeness (QED) is 0.474. The van der Waals surface area contributed by atoms with E-state index in [-0.39, 0.29) is 11.5 Å². The zero-order valence-corrected chi connectivity index (χ0v) is 16.5. The zero-order valence-electron chi connectivity index (χ0n) is 16.5. The van der Waals surface area contributed by atoms with Crippen molar-refractivity contribution in [1.82, 2.24) is 9.47 Å². The molecular formula is C21H23N3O3. The Kier molecular flexibility index (Phi) is 5.86. The van der Waals surface area contributed by atoms with Crippen LogP contribution >= 0.6 is 0 Å². The van der Waals surface area contributed by atoms with Crippen LogP contribution in [0.5, 0.6) is 0 Å². The summed E-state index contributed by atoms with van der Waals surface area (Å²) >= 11 is 0. The van der Waals surface area contributed by atoms with Gasteiger partial charge in [0.2, 0.25) is 0 Å². The maximum atomic E-state index is 12.1. The normalized spacial score (nSPS) is 11.1. The molecule has 0 unspecified atom stereocenters. The highest BCUT2D eigenvalue weighted by Crippen LogP contribution is 2.26. The van der Waals surface area contributed by atoms with E-state index in [1.165, 1.54) is 12.0 Å². The van der Waals surface area contributed by atoms with Crippen LogP contribution in [0, 0.1) is 32.1 Å². The minimum atomic E-state index is -0.401. The van der Waals surface area contributed by atoms with Gasteiger partial charge < -0.3 is 14.2 Å². The number of aromatic nitrogens is 1. The van der Waals surface area contributed by atoms with E-state index in [0.717, 1.165) is 28.2 Å². The van der Waals surface area contributed by atoms with E-state index in [2.05, 4.69) is 0 Å². The van der Waals surface area contributed by atoms with Gasteiger partial charge in [-0.05, 0) is 56.2 Å². The van der Waals surface area contributed by atoms with Crippen molar-refractivity contribution in [3.05, 3.63) is 57.9 Å². The number of nitriles is 1. The number of carbonyl (C=O) groups excluding carboxylic acids is 2. The van der Waals surface area contributed by atoms with E-state index < -0.39 is 5.97 Å². The molecule has 6 heteroatoms. The monoisotopic (exact) mass is 365 g/mol. The fraction of sp³-hybridized carbons (Fsp3) is 0.286. The molecule has 1 aromatic heterocycles. The van der Waals surface area contributed by atoms with E-state index in [4.69, 9.17) is 4.74 Å². The van der Waals surface area contributed by atoms with E-state index in [1.807, 2.05) is 43.5 Å². The number of rotatable bonds is 4. The first-order valence-corrected chi connectivity index (χ1v) is 8.43. The second-order valence-corrected chi connectivity index (χ2v) is 6.52. The Hall–Kier alpha value is -3.33. The van der Waals surface area contributed by atoms with Gasteiger partial charge in [0.25, 0.3) is 5.91 Å². The molecular weight excluding hydrogens is 342 g/mol. The van der Waals surface area contributed by atoms with Crippen molar-refractivity contribution in [2.24, 2.45) is 0 Å². The number of benzene rings is 1. The van der Waals surface area contributed by atoms with Gasteiger partial charge in [-0.25, -0.2) is 4.79 Å². The fourth-order valence-corrected chi connectivity index (χ4v) is 2.94. The molecule has 2 rings (SSSR count). The Labute approximate surface area is 159 Å². The van der Waals surface area contributed by atoms with Gasteiger partial charge >= 0.3 is 5.97 Å². The molecule has 140 valence electrons. The van der Waals surface area contributed by atoms with E-state index >= 15 is 0 Å². The van der Waals surface area contributed by atoms with Gasteiger partial charge in [0.15, 0.2) is 0 Å². The molecule has 2 aromatic rings. The van der Waals surface area contributed by atoms with Gasteiger partial charge in [0.05, 0.1) is 12.7 Å². The molecule has 0 bridgehead atoms. The highest BCUT2D eigenvalue weighted by molar-refractivity contribution is 6.01. The maximum Gasteiger partial charge on any atom is 0.337 e. The Morgan fingerprint density at radius 3 is 2.41 bits per heavy atom. The SMILES string of the molecule is COC(=O)c1ccc(C)c(-n2c(C)cc(/C=C(/C#N)C(=O)N(C)C)c2C)c1. The predicted molar refractivity (Wildman–Crippen MR) is 104 cm³/mol. The summed E-state index contributed by atoms with van der Waals surface area (Å²) in [4.78, 5) is 25.4. The first-order chi connectivity index (χ1) is 12.7. The van der Waals surface area contributed by atoms with Gasteiger partial charge in [-0.1, -0.05) is 6.07 Å². The number of aryl methyl sites for hydroxylation is 2. The molecule has 1 heterocycles. The van der Waals surface area contributed by atoms with Crippen LogP contribution in [-0.2, 0) is 9.53 Å². The Morgan fingerprint density at radius 2 is 1.85 bits per heavy atom. The standard InChI is InChI=1S/C21H23N3O3/c1-13-7-8-16(21(26)27-6)11-19(13)24-14(2)9-17(15(24)3)10-18(12-22)20(25)23(4)5/h7-11H,1-6H3/b18-10-. The van der Waals surface area contributed by atoms with Gasteiger partial charge in [0.1, 0.15) is 11.6 Å². The largest absolute Gasteiger partial charge is 0.465 e. The van der Waals surface area contributed by atoms with Crippen molar-refractivity contribution in [3.8, 4) is 11.8 Å². The molecule has 27 heavy (non-hydrogen) atoms. The third-order valence-electron chi connectivity index (χ3n) is 4.40. The van der Waals surface area contributed by atoms with E-state index in [0.29, 0.717) is 5.56 Å². The van der Waals surface area contributed by atoms with Crippen LogP contribution in [0.4, 0.5) is 0 Å². The third kappa shape index (κ3) is 3.93. The molecule has 0 saturated heterocycles. The first kappa shape index (κ1) is 20.0. The lowest BCUT2D eigenvalue weighted by Crippen LogP contribution is -2.22. The molecule has 0 fully saturated rings. The number of hydrogen-bond acceptors (Lipinski definition) is 4. The number of hydrogen-bond donors (Lipinski definition) is 0. The van der Waals surface area contributed by atoms with Crippen molar-refractivity contribution in [1.29, 1.82) is 5.26 Å².